The van der Waals surface area contributed by atoms with Crippen molar-refractivity contribution in [1.29, 1.82) is 0 Å². The van der Waals surface area contributed by atoms with Crippen LogP contribution in [0.25, 0.3) is 0 Å². The largest absolute Gasteiger partial charge is 0.416 e. The first-order valence-corrected chi connectivity index (χ1v) is 9.41. The van der Waals surface area contributed by atoms with Gasteiger partial charge in [0.25, 0.3) is 5.91 Å². The third-order valence-corrected chi connectivity index (χ3v) is 4.90. The highest BCUT2D eigenvalue weighted by molar-refractivity contribution is 5.94. The molecule has 0 saturated carbocycles. The number of para-hydroxylation sites is 1. The van der Waals surface area contributed by atoms with Crippen molar-refractivity contribution in [3.63, 3.8) is 0 Å². The number of carbonyl (C=O) groups is 1. The highest BCUT2D eigenvalue weighted by Crippen LogP contribution is 2.29. The molecule has 0 unspecified atom stereocenters. The van der Waals surface area contributed by atoms with Gasteiger partial charge in [0.05, 0.1) is 5.56 Å². The molecule has 0 bridgehead atoms. The zero-order valence-corrected chi connectivity index (χ0v) is 15.6. The highest BCUT2D eigenvalue weighted by atomic mass is 19.4. The van der Waals surface area contributed by atoms with E-state index in [2.05, 4.69) is 27.2 Å². The molecule has 0 radical (unpaired) electrons. The van der Waals surface area contributed by atoms with Crippen LogP contribution in [0.2, 0.25) is 0 Å². The normalized spacial score (nSPS) is 15.5. The summed E-state index contributed by atoms with van der Waals surface area (Å²) in [6, 6.07) is 14.6. The van der Waals surface area contributed by atoms with Crippen molar-refractivity contribution >= 4 is 11.6 Å². The Bertz CT molecular complexity index is 755. The minimum absolute atomic E-state index is 0.240. The Hall–Kier alpha value is -2.54. The monoisotopic (exact) mass is 391 g/mol. The standard InChI is InChI=1S/C21H24F3N3O/c22-21(23,24)18-9-7-17(8-10-18)20(28)25-11-4-12-26-13-15-27(16-14-26)19-5-2-1-3-6-19/h1-3,5-10H,4,11-16H2,(H,25,28). The van der Waals surface area contributed by atoms with E-state index in [4.69, 9.17) is 0 Å². The molecule has 1 aliphatic rings. The second-order valence-corrected chi connectivity index (χ2v) is 6.85. The molecule has 0 aromatic heterocycles. The van der Waals surface area contributed by atoms with Gasteiger partial charge in [-0.25, -0.2) is 0 Å². The fourth-order valence-electron chi connectivity index (χ4n) is 3.29. The van der Waals surface area contributed by atoms with E-state index in [0.717, 1.165) is 51.3 Å². The van der Waals surface area contributed by atoms with Crippen LogP contribution in [0.3, 0.4) is 0 Å². The van der Waals surface area contributed by atoms with Crippen LogP contribution in [-0.2, 0) is 6.18 Å². The Morgan fingerprint density at radius 3 is 2.18 bits per heavy atom. The van der Waals surface area contributed by atoms with E-state index in [1.54, 1.807) is 0 Å². The molecule has 2 aromatic rings. The summed E-state index contributed by atoms with van der Waals surface area (Å²) in [5, 5.41) is 2.77. The van der Waals surface area contributed by atoms with Gasteiger partial charge < -0.3 is 10.2 Å². The van der Waals surface area contributed by atoms with Crippen molar-refractivity contribution in [3.8, 4) is 0 Å². The summed E-state index contributed by atoms with van der Waals surface area (Å²) >= 11 is 0. The average Bonchev–Trinajstić information content (AvgIpc) is 2.71. The molecule has 1 N–H and O–H groups in total. The SMILES string of the molecule is O=C(NCCCN1CCN(c2ccccc2)CC1)c1ccc(C(F)(F)F)cc1. The van der Waals surface area contributed by atoms with Crippen LogP contribution in [0.5, 0.6) is 0 Å². The van der Waals surface area contributed by atoms with E-state index in [1.165, 1.54) is 17.8 Å². The molecule has 0 spiro atoms. The molecule has 1 heterocycles. The van der Waals surface area contributed by atoms with Crippen LogP contribution in [0.15, 0.2) is 54.6 Å². The van der Waals surface area contributed by atoms with Gasteiger partial charge in [-0.15, -0.1) is 0 Å². The Morgan fingerprint density at radius 1 is 0.929 bits per heavy atom. The van der Waals surface area contributed by atoms with E-state index in [0.29, 0.717) is 6.54 Å². The summed E-state index contributed by atoms with van der Waals surface area (Å²) in [5.74, 6) is -0.345. The van der Waals surface area contributed by atoms with Crippen LogP contribution in [0.4, 0.5) is 18.9 Å². The minimum atomic E-state index is -4.39. The van der Waals surface area contributed by atoms with Gasteiger partial charge in [0.1, 0.15) is 0 Å². The van der Waals surface area contributed by atoms with E-state index in [-0.39, 0.29) is 11.5 Å². The molecule has 1 amide bonds. The van der Waals surface area contributed by atoms with Crippen LogP contribution < -0.4 is 10.2 Å². The van der Waals surface area contributed by atoms with E-state index in [9.17, 15) is 18.0 Å². The zero-order chi connectivity index (χ0) is 20.0. The number of amides is 1. The summed E-state index contributed by atoms with van der Waals surface area (Å²) in [7, 11) is 0. The maximum absolute atomic E-state index is 12.6. The van der Waals surface area contributed by atoms with E-state index in [1.807, 2.05) is 18.2 Å². The Morgan fingerprint density at radius 2 is 1.57 bits per heavy atom. The number of halogens is 3. The van der Waals surface area contributed by atoms with Gasteiger partial charge in [-0.2, -0.15) is 13.2 Å². The summed E-state index contributed by atoms with van der Waals surface area (Å²) < 4.78 is 37.7. The number of piperazine rings is 1. The number of nitrogens with zero attached hydrogens (tertiary/aromatic N) is 2. The van der Waals surface area contributed by atoms with E-state index >= 15 is 0 Å². The topological polar surface area (TPSA) is 35.6 Å². The molecule has 28 heavy (non-hydrogen) atoms. The van der Waals surface area contributed by atoms with Gasteiger partial charge in [0.2, 0.25) is 0 Å². The van der Waals surface area contributed by atoms with Crippen molar-refractivity contribution in [3.05, 3.63) is 65.7 Å². The Labute approximate surface area is 162 Å². The van der Waals surface area contributed by atoms with Crippen molar-refractivity contribution < 1.29 is 18.0 Å². The second-order valence-electron chi connectivity index (χ2n) is 6.85. The Kier molecular flexibility index (Phi) is 6.57. The van der Waals surface area contributed by atoms with Crippen LogP contribution in [0, 0.1) is 0 Å². The van der Waals surface area contributed by atoms with Gasteiger partial charge in [0, 0.05) is 44.0 Å². The molecule has 1 aliphatic heterocycles. The number of alkyl halides is 3. The number of anilines is 1. The van der Waals surface area contributed by atoms with Crippen molar-refractivity contribution in [2.45, 2.75) is 12.6 Å². The fourth-order valence-corrected chi connectivity index (χ4v) is 3.29. The third kappa shape index (κ3) is 5.48. The highest BCUT2D eigenvalue weighted by Gasteiger charge is 2.30. The zero-order valence-electron chi connectivity index (χ0n) is 15.6. The lowest BCUT2D eigenvalue weighted by Crippen LogP contribution is -2.47. The lowest BCUT2D eigenvalue weighted by Gasteiger charge is -2.36. The number of hydrogen-bond acceptors (Lipinski definition) is 3. The third-order valence-electron chi connectivity index (χ3n) is 4.90. The molecule has 1 saturated heterocycles. The predicted molar refractivity (Wildman–Crippen MR) is 103 cm³/mol. The lowest BCUT2D eigenvalue weighted by molar-refractivity contribution is -0.137. The maximum Gasteiger partial charge on any atom is 0.416 e. The molecular formula is C21H24F3N3O. The quantitative estimate of drug-likeness (QED) is 0.764. The Balaban J connectivity index is 1.35. The van der Waals surface area contributed by atoms with Gasteiger partial charge in [-0.3, -0.25) is 9.69 Å². The number of rotatable bonds is 6. The fraction of sp³-hybridized carbons (Fsp3) is 0.381. The molecule has 7 heteroatoms. The molecule has 0 atom stereocenters. The first kappa shape index (κ1) is 20.2. The van der Waals surface area contributed by atoms with Crippen LogP contribution in [0.1, 0.15) is 22.3 Å². The first-order chi connectivity index (χ1) is 13.4. The number of carbonyl (C=O) groups excluding carboxylic acids is 1. The van der Waals surface area contributed by atoms with Crippen LogP contribution >= 0.6 is 0 Å². The first-order valence-electron chi connectivity index (χ1n) is 9.41. The number of nitrogens with one attached hydrogen (secondary N) is 1. The number of hydrogen-bond donors (Lipinski definition) is 1. The smallest absolute Gasteiger partial charge is 0.369 e. The average molecular weight is 391 g/mol. The van der Waals surface area contributed by atoms with Crippen molar-refractivity contribution in [1.82, 2.24) is 10.2 Å². The predicted octanol–water partition coefficient (Wildman–Crippen LogP) is 3.65. The minimum Gasteiger partial charge on any atom is -0.369 e. The van der Waals surface area contributed by atoms with E-state index < -0.39 is 11.7 Å². The second kappa shape index (κ2) is 9.10. The molecule has 2 aromatic carbocycles. The summed E-state index contributed by atoms with van der Waals surface area (Å²) in [6.07, 6.45) is -3.59. The molecule has 150 valence electrons. The van der Waals surface area contributed by atoms with Gasteiger partial charge >= 0.3 is 6.18 Å². The number of benzene rings is 2. The lowest BCUT2D eigenvalue weighted by atomic mass is 10.1. The van der Waals surface area contributed by atoms with Crippen LogP contribution in [-0.4, -0.2) is 50.1 Å². The summed E-state index contributed by atoms with van der Waals surface area (Å²) in [5.41, 5.74) is 0.731. The molecule has 3 rings (SSSR count). The molecule has 1 fully saturated rings. The van der Waals surface area contributed by atoms with Crippen molar-refractivity contribution in [2.24, 2.45) is 0 Å². The van der Waals surface area contributed by atoms with Gasteiger partial charge in [0.15, 0.2) is 0 Å². The summed E-state index contributed by atoms with van der Waals surface area (Å²) in [6.45, 7) is 5.28. The van der Waals surface area contributed by atoms with Gasteiger partial charge in [-0.1, -0.05) is 18.2 Å². The van der Waals surface area contributed by atoms with Gasteiger partial charge in [-0.05, 0) is 49.4 Å². The molecular weight excluding hydrogens is 367 g/mol. The van der Waals surface area contributed by atoms with Crippen molar-refractivity contribution in [2.75, 3.05) is 44.2 Å². The molecule has 0 aliphatic carbocycles. The molecule has 4 nitrogen and oxygen atoms in total. The summed E-state index contributed by atoms with van der Waals surface area (Å²) in [4.78, 5) is 16.8. The maximum atomic E-state index is 12.6.